The Labute approximate surface area is 173 Å². The second-order valence-corrected chi connectivity index (χ2v) is 9.31. The van der Waals surface area contributed by atoms with Gasteiger partial charge in [0.2, 0.25) is 15.9 Å². The van der Waals surface area contributed by atoms with Gasteiger partial charge in [0.05, 0.1) is 5.92 Å². The van der Waals surface area contributed by atoms with Crippen LogP contribution in [0, 0.1) is 5.92 Å². The topological polar surface area (TPSA) is 113 Å². The molecule has 2 saturated heterocycles. The van der Waals surface area contributed by atoms with Crippen LogP contribution < -0.4 is 4.90 Å². The van der Waals surface area contributed by atoms with Crippen LogP contribution in [0.2, 0.25) is 0 Å². The SMILES string of the molecule is O=C(C1CN(S(=O)(=O)c2cccc3nonc23)C1)N1CCN(c2ccccn2)CC1. The van der Waals surface area contributed by atoms with E-state index < -0.39 is 10.0 Å². The number of carbonyl (C=O) groups excluding carboxylic acids is 1. The molecule has 4 heterocycles. The van der Waals surface area contributed by atoms with Gasteiger partial charge < -0.3 is 9.80 Å². The normalized spacial score (nSPS) is 18.5. The monoisotopic (exact) mass is 428 g/mol. The van der Waals surface area contributed by atoms with Gasteiger partial charge in [-0.25, -0.2) is 18.0 Å². The minimum atomic E-state index is -3.76. The van der Waals surface area contributed by atoms with E-state index in [-0.39, 0.29) is 35.3 Å². The molecule has 2 aliphatic rings. The van der Waals surface area contributed by atoms with E-state index in [1.165, 1.54) is 10.4 Å². The van der Waals surface area contributed by atoms with Crippen LogP contribution >= 0.6 is 0 Å². The molecule has 10 nitrogen and oxygen atoms in total. The highest BCUT2D eigenvalue weighted by Crippen LogP contribution is 2.30. The maximum Gasteiger partial charge on any atom is 0.245 e. The lowest BCUT2D eigenvalue weighted by Crippen LogP contribution is -2.59. The van der Waals surface area contributed by atoms with Crippen LogP contribution in [-0.2, 0) is 14.8 Å². The van der Waals surface area contributed by atoms with Crippen LogP contribution in [0.4, 0.5) is 5.82 Å². The fourth-order valence-electron chi connectivity index (χ4n) is 3.87. The molecule has 0 radical (unpaired) electrons. The van der Waals surface area contributed by atoms with E-state index in [0.29, 0.717) is 31.7 Å². The standard InChI is InChI=1S/C19H20N6O4S/c26-19(24-10-8-23(9-11-24)17-6-1-2-7-20-17)14-12-25(13-14)30(27,28)16-5-3-4-15-18(16)22-29-21-15/h1-7,14H,8-13H2. The highest BCUT2D eigenvalue weighted by atomic mass is 32.2. The maximum absolute atomic E-state index is 12.9. The molecule has 2 fully saturated rings. The number of amides is 1. The molecular weight excluding hydrogens is 408 g/mol. The third kappa shape index (κ3) is 3.19. The number of rotatable bonds is 4. The second-order valence-electron chi connectivity index (χ2n) is 7.41. The van der Waals surface area contributed by atoms with Crippen LogP contribution in [-0.4, -0.2) is 78.1 Å². The molecule has 0 aliphatic carbocycles. The van der Waals surface area contributed by atoms with Crippen LogP contribution in [0.5, 0.6) is 0 Å². The number of pyridine rings is 1. The number of hydrogen-bond donors (Lipinski definition) is 0. The van der Waals surface area contributed by atoms with Crippen molar-refractivity contribution in [2.75, 3.05) is 44.2 Å². The number of nitrogens with zero attached hydrogens (tertiary/aromatic N) is 6. The van der Waals surface area contributed by atoms with Crippen molar-refractivity contribution in [2.45, 2.75) is 4.90 Å². The Morgan fingerprint density at radius 3 is 2.53 bits per heavy atom. The smallest absolute Gasteiger partial charge is 0.245 e. The Morgan fingerprint density at radius 1 is 1.00 bits per heavy atom. The summed E-state index contributed by atoms with van der Waals surface area (Å²) in [6.07, 6.45) is 1.76. The van der Waals surface area contributed by atoms with Crippen molar-refractivity contribution in [3.63, 3.8) is 0 Å². The molecule has 2 aromatic heterocycles. The van der Waals surface area contributed by atoms with E-state index in [1.54, 1.807) is 18.3 Å². The summed E-state index contributed by atoms with van der Waals surface area (Å²) in [5.74, 6) is 0.585. The van der Waals surface area contributed by atoms with Gasteiger partial charge >= 0.3 is 0 Å². The number of hydrogen-bond acceptors (Lipinski definition) is 8. The minimum absolute atomic E-state index is 0.00318. The molecule has 2 aliphatic heterocycles. The predicted octanol–water partition coefficient (Wildman–Crippen LogP) is 0.587. The van der Waals surface area contributed by atoms with Crippen LogP contribution in [0.1, 0.15) is 0 Å². The summed E-state index contributed by atoms with van der Waals surface area (Å²) in [6.45, 7) is 2.95. The first-order valence-corrected chi connectivity index (χ1v) is 11.1. The highest BCUT2D eigenvalue weighted by molar-refractivity contribution is 7.89. The van der Waals surface area contributed by atoms with Gasteiger partial charge in [0.1, 0.15) is 16.2 Å². The van der Waals surface area contributed by atoms with Gasteiger partial charge in [-0.15, -0.1) is 0 Å². The van der Waals surface area contributed by atoms with Gasteiger partial charge in [-0.2, -0.15) is 4.31 Å². The Morgan fingerprint density at radius 2 is 1.80 bits per heavy atom. The number of anilines is 1. The Hall–Kier alpha value is -3.05. The Balaban J connectivity index is 1.21. The third-order valence-electron chi connectivity index (χ3n) is 5.63. The molecule has 0 saturated carbocycles. The minimum Gasteiger partial charge on any atom is -0.353 e. The first-order chi connectivity index (χ1) is 14.5. The van der Waals surface area contributed by atoms with Crippen molar-refractivity contribution in [1.82, 2.24) is 24.5 Å². The number of benzene rings is 1. The van der Waals surface area contributed by atoms with Crippen molar-refractivity contribution in [3.8, 4) is 0 Å². The predicted molar refractivity (Wildman–Crippen MR) is 107 cm³/mol. The van der Waals surface area contributed by atoms with Gasteiger partial charge in [0, 0.05) is 45.5 Å². The summed E-state index contributed by atoms with van der Waals surface area (Å²) in [7, 11) is -3.76. The van der Waals surface area contributed by atoms with E-state index >= 15 is 0 Å². The number of sulfonamides is 1. The zero-order valence-corrected chi connectivity index (χ0v) is 16.9. The molecule has 3 aromatic rings. The van der Waals surface area contributed by atoms with Gasteiger partial charge in [-0.05, 0) is 34.6 Å². The number of piperazine rings is 1. The summed E-state index contributed by atoms with van der Waals surface area (Å²) >= 11 is 0. The van der Waals surface area contributed by atoms with Crippen molar-refractivity contribution in [1.29, 1.82) is 0 Å². The molecular formula is C19H20N6O4S. The largest absolute Gasteiger partial charge is 0.353 e. The summed E-state index contributed by atoms with van der Waals surface area (Å²) in [5.41, 5.74) is 0.591. The summed E-state index contributed by atoms with van der Waals surface area (Å²) < 4.78 is 31.9. The molecule has 156 valence electrons. The van der Waals surface area contributed by atoms with Crippen molar-refractivity contribution in [2.24, 2.45) is 5.92 Å². The maximum atomic E-state index is 12.9. The molecule has 0 N–H and O–H groups in total. The molecule has 0 atom stereocenters. The lowest BCUT2D eigenvalue weighted by atomic mass is 10.0. The zero-order valence-electron chi connectivity index (χ0n) is 16.1. The first-order valence-electron chi connectivity index (χ1n) is 9.70. The van der Waals surface area contributed by atoms with Gasteiger partial charge in [-0.3, -0.25) is 4.79 Å². The molecule has 0 spiro atoms. The molecule has 0 bridgehead atoms. The zero-order chi connectivity index (χ0) is 20.7. The van der Waals surface area contributed by atoms with Crippen molar-refractivity contribution >= 4 is 32.8 Å². The van der Waals surface area contributed by atoms with E-state index in [1.807, 2.05) is 23.1 Å². The van der Waals surface area contributed by atoms with E-state index in [4.69, 9.17) is 0 Å². The number of fused-ring (bicyclic) bond motifs is 1. The lowest BCUT2D eigenvalue weighted by molar-refractivity contribution is -0.139. The molecule has 1 amide bonds. The summed E-state index contributed by atoms with van der Waals surface area (Å²) in [5, 5.41) is 7.40. The van der Waals surface area contributed by atoms with Gasteiger partial charge in [0.25, 0.3) is 0 Å². The summed E-state index contributed by atoms with van der Waals surface area (Å²) in [4.78, 5) is 21.2. The average Bonchev–Trinajstić information content (AvgIpc) is 3.22. The number of carbonyl (C=O) groups is 1. The highest BCUT2D eigenvalue weighted by Gasteiger charge is 2.43. The second kappa shape index (κ2) is 7.33. The van der Waals surface area contributed by atoms with E-state index in [9.17, 15) is 13.2 Å². The van der Waals surface area contributed by atoms with Crippen LogP contribution in [0.15, 0.2) is 52.1 Å². The quantitative estimate of drug-likeness (QED) is 0.593. The van der Waals surface area contributed by atoms with Crippen molar-refractivity contribution < 1.29 is 17.8 Å². The average molecular weight is 428 g/mol. The molecule has 30 heavy (non-hydrogen) atoms. The summed E-state index contributed by atoms with van der Waals surface area (Å²) in [6, 6.07) is 10.5. The number of aromatic nitrogens is 3. The first kappa shape index (κ1) is 18.9. The molecule has 5 rings (SSSR count). The Kier molecular flexibility index (Phi) is 4.63. The van der Waals surface area contributed by atoms with Crippen LogP contribution in [0.3, 0.4) is 0 Å². The van der Waals surface area contributed by atoms with Crippen LogP contribution in [0.25, 0.3) is 11.0 Å². The lowest BCUT2D eigenvalue weighted by Gasteiger charge is -2.42. The molecule has 1 aromatic carbocycles. The molecule has 11 heteroatoms. The van der Waals surface area contributed by atoms with Gasteiger partial charge in [0.15, 0.2) is 5.52 Å². The van der Waals surface area contributed by atoms with E-state index in [2.05, 4.69) is 24.8 Å². The van der Waals surface area contributed by atoms with E-state index in [0.717, 1.165) is 5.82 Å². The Bertz CT molecular complexity index is 1170. The van der Waals surface area contributed by atoms with Gasteiger partial charge in [-0.1, -0.05) is 12.1 Å². The fraction of sp³-hybridized carbons (Fsp3) is 0.368. The fourth-order valence-corrected chi connectivity index (χ4v) is 5.54. The van der Waals surface area contributed by atoms with Crippen molar-refractivity contribution in [3.05, 3.63) is 42.6 Å². The third-order valence-corrected chi connectivity index (χ3v) is 7.49. The molecule has 0 unspecified atom stereocenters.